The first-order valence-electron chi connectivity index (χ1n) is 9.52. The molecule has 0 radical (unpaired) electrons. The molecular weight excluding hydrogens is 372 g/mol. The van der Waals surface area contributed by atoms with Gasteiger partial charge in [0.05, 0.1) is 22.9 Å². The van der Waals surface area contributed by atoms with E-state index in [1.165, 1.54) is 15.8 Å². The van der Waals surface area contributed by atoms with E-state index in [0.717, 1.165) is 23.6 Å². The lowest BCUT2D eigenvalue weighted by Gasteiger charge is -2.31. The van der Waals surface area contributed by atoms with E-state index in [1.807, 2.05) is 29.2 Å². The quantitative estimate of drug-likeness (QED) is 0.646. The van der Waals surface area contributed by atoms with Crippen LogP contribution in [0.1, 0.15) is 34.3 Å². The number of aryl methyl sites for hydroxylation is 2. The van der Waals surface area contributed by atoms with Crippen molar-refractivity contribution in [1.29, 1.82) is 0 Å². The van der Waals surface area contributed by atoms with Gasteiger partial charge in [0.15, 0.2) is 0 Å². The lowest BCUT2D eigenvalue weighted by Crippen LogP contribution is -2.41. The predicted molar refractivity (Wildman–Crippen MR) is 112 cm³/mol. The summed E-state index contributed by atoms with van der Waals surface area (Å²) >= 11 is 1.61. The molecule has 146 valence electrons. The summed E-state index contributed by atoms with van der Waals surface area (Å²) in [5.41, 5.74) is 4.04. The largest absolute Gasteiger partial charge is 0.496 e. The van der Waals surface area contributed by atoms with Gasteiger partial charge in [-0.05, 0) is 37.1 Å². The number of likely N-dealkylation sites (tertiary alicyclic amines) is 1. The number of piperidine rings is 1. The molecule has 6 heteroatoms. The van der Waals surface area contributed by atoms with E-state index >= 15 is 0 Å². The summed E-state index contributed by atoms with van der Waals surface area (Å²) in [6.07, 6.45) is 1.69. The fourth-order valence-corrected chi connectivity index (χ4v) is 4.63. The average molecular weight is 397 g/mol. The van der Waals surface area contributed by atoms with Gasteiger partial charge in [0, 0.05) is 25.9 Å². The summed E-state index contributed by atoms with van der Waals surface area (Å²) in [4.78, 5) is 19.4. The van der Waals surface area contributed by atoms with E-state index in [1.54, 1.807) is 18.4 Å². The Hall–Kier alpha value is -2.60. The van der Waals surface area contributed by atoms with Gasteiger partial charge in [0.2, 0.25) is 0 Å². The van der Waals surface area contributed by atoms with Crippen LogP contribution in [0.5, 0.6) is 10.9 Å². The Morgan fingerprint density at radius 1 is 1.11 bits per heavy atom. The first kappa shape index (κ1) is 18.7. The molecule has 0 bridgehead atoms. The Kier molecular flexibility index (Phi) is 5.22. The van der Waals surface area contributed by atoms with Gasteiger partial charge >= 0.3 is 0 Å². The number of benzene rings is 2. The number of fused-ring (bicyclic) bond motifs is 1. The Labute approximate surface area is 168 Å². The van der Waals surface area contributed by atoms with Crippen LogP contribution in [0.2, 0.25) is 0 Å². The first-order valence-corrected chi connectivity index (χ1v) is 10.3. The minimum atomic E-state index is 0.0159. The number of carbonyl (C=O) groups is 1. The maximum Gasteiger partial charge on any atom is 0.274 e. The molecule has 0 saturated carbocycles. The average Bonchev–Trinajstić information content (AvgIpc) is 3.16. The molecule has 1 aromatic heterocycles. The fraction of sp³-hybridized carbons (Fsp3) is 0.364. The molecule has 28 heavy (non-hydrogen) atoms. The number of thiazole rings is 1. The zero-order chi connectivity index (χ0) is 19.7. The van der Waals surface area contributed by atoms with Gasteiger partial charge in [-0.2, -0.15) is 0 Å². The Bertz CT molecular complexity index is 967. The van der Waals surface area contributed by atoms with Crippen molar-refractivity contribution >= 4 is 27.5 Å². The third-order valence-corrected chi connectivity index (χ3v) is 6.34. The number of rotatable bonds is 4. The molecule has 1 saturated heterocycles. The van der Waals surface area contributed by atoms with Crippen LogP contribution in [-0.4, -0.2) is 42.1 Å². The maximum atomic E-state index is 12.8. The van der Waals surface area contributed by atoms with Crippen LogP contribution in [0.25, 0.3) is 10.2 Å². The molecule has 0 aliphatic carbocycles. The lowest BCUT2D eigenvalue weighted by atomic mass is 10.1. The third-order valence-electron chi connectivity index (χ3n) is 5.26. The predicted octanol–water partition coefficient (Wildman–Crippen LogP) is 4.61. The zero-order valence-electron chi connectivity index (χ0n) is 16.4. The molecule has 0 atom stereocenters. The van der Waals surface area contributed by atoms with E-state index in [-0.39, 0.29) is 12.0 Å². The van der Waals surface area contributed by atoms with E-state index in [0.29, 0.717) is 24.4 Å². The summed E-state index contributed by atoms with van der Waals surface area (Å²) in [5, 5.41) is 0.724. The first-order chi connectivity index (χ1) is 13.6. The number of carbonyl (C=O) groups excluding carboxylic acids is 1. The third kappa shape index (κ3) is 3.56. The number of methoxy groups -OCH3 is 1. The molecule has 1 amide bonds. The Morgan fingerprint density at radius 2 is 1.82 bits per heavy atom. The molecule has 1 fully saturated rings. The summed E-state index contributed by atoms with van der Waals surface area (Å²) in [6.45, 7) is 5.52. The van der Waals surface area contributed by atoms with E-state index in [2.05, 4.69) is 26.0 Å². The number of hydrogen-bond donors (Lipinski definition) is 0. The SMILES string of the molecule is COc1ccccc1C(=O)N1CCC(Oc2nc3c(C)ccc(C)c3s2)CC1. The number of ether oxygens (including phenoxy) is 2. The number of amides is 1. The number of para-hydroxylation sites is 1. The van der Waals surface area contributed by atoms with E-state index in [9.17, 15) is 4.79 Å². The Morgan fingerprint density at radius 3 is 2.54 bits per heavy atom. The van der Waals surface area contributed by atoms with Crippen LogP contribution in [0.3, 0.4) is 0 Å². The molecular formula is C22H24N2O3S. The Balaban J connectivity index is 1.41. The molecule has 5 nitrogen and oxygen atoms in total. The second-order valence-electron chi connectivity index (χ2n) is 7.17. The van der Waals surface area contributed by atoms with Crippen LogP contribution in [0, 0.1) is 13.8 Å². The number of aromatic nitrogens is 1. The zero-order valence-corrected chi connectivity index (χ0v) is 17.2. The van der Waals surface area contributed by atoms with E-state index < -0.39 is 0 Å². The van der Waals surface area contributed by atoms with Crippen molar-refractivity contribution in [2.75, 3.05) is 20.2 Å². The van der Waals surface area contributed by atoms with Gasteiger partial charge in [-0.15, -0.1) is 0 Å². The molecule has 1 aliphatic heterocycles. The summed E-state index contributed by atoms with van der Waals surface area (Å²) in [7, 11) is 1.59. The van der Waals surface area contributed by atoms with Crippen LogP contribution in [0.4, 0.5) is 0 Å². The van der Waals surface area contributed by atoms with Crippen LogP contribution in [-0.2, 0) is 0 Å². The molecule has 1 aliphatic rings. The van der Waals surface area contributed by atoms with Crippen molar-refractivity contribution in [1.82, 2.24) is 9.88 Å². The normalized spacial score (nSPS) is 15.0. The summed E-state index contributed by atoms with van der Waals surface area (Å²) in [6, 6.07) is 11.6. The number of hydrogen-bond acceptors (Lipinski definition) is 5. The van der Waals surface area contributed by atoms with Crippen molar-refractivity contribution in [3.8, 4) is 10.9 Å². The molecule has 4 rings (SSSR count). The van der Waals surface area contributed by atoms with Crippen molar-refractivity contribution in [2.24, 2.45) is 0 Å². The highest BCUT2D eigenvalue weighted by atomic mass is 32.1. The molecule has 0 unspecified atom stereocenters. The van der Waals surface area contributed by atoms with Gasteiger partial charge in [-0.25, -0.2) is 4.98 Å². The highest BCUT2D eigenvalue weighted by Crippen LogP contribution is 2.33. The smallest absolute Gasteiger partial charge is 0.274 e. The second kappa shape index (κ2) is 7.80. The summed E-state index contributed by atoms with van der Waals surface area (Å²) < 4.78 is 12.7. The lowest BCUT2D eigenvalue weighted by molar-refractivity contribution is 0.0592. The van der Waals surface area contributed by atoms with Crippen LogP contribution in [0.15, 0.2) is 36.4 Å². The molecule has 0 spiro atoms. The van der Waals surface area contributed by atoms with Crippen molar-refractivity contribution in [3.05, 3.63) is 53.1 Å². The van der Waals surface area contributed by atoms with E-state index in [4.69, 9.17) is 14.5 Å². The topological polar surface area (TPSA) is 51.7 Å². The van der Waals surface area contributed by atoms with Gasteiger partial charge < -0.3 is 14.4 Å². The maximum absolute atomic E-state index is 12.8. The van der Waals surface area contributed by atoms with Crippen molar-refractivity contribution < 1.29 is 14.3 Å². The van der Waals surface area contributed by atoms with Crippen molar-refractivity contribution in [3.63, 3.8) is 0 Å². The molecule has 3 aromatic rings. The van der Waals surface area contributed by atoms with Gasteiger partial charge in [-0.1, -0.05) is 35.6 Å². The molecule has 2 heterocycles. The highest BCUT2D eigenvalue weighted by Gasteiger charge is 2.27. The van der Waals surface area contributed by atoms with Gasteiger partial charge in [0.25, 0.3) is 11.1 Å². The van der Waals surface area contributed by atoms with Gasteiger partial charge in [0.1, 0.15) is 11.9 Å². The van der Waals surface area contributed by atoms with Crippen LogP contribution >= 0.6 is 11.3 Å². The minimum absolute atomic E-state index is 0.0159. The van der Waals surface area contributed by atoms with Crippen LogP contribution < -0.4 is 9.47 Å². The van der Waals surface area contributed by atoms with Gasteiger partial charge in [-0.3, -0.25) is 4.79 Å². The monoisotopic (exact) mass is 396 g/mol. The standard InChI is InChI=1S/C22H24N2O3S/c1-14-8-9-15(2)20-19(14)23-22(28-20)27-16-10-12-24(13-11-16)21(25)17-6-4-5-7-18(17)26-3/h4-9,16H,10-13H2,1-3H3. The molecule has 2 aromatic carbocycles. The summed E-state index contributed by atoms with van der Waals surface area (Å²) in [5.74, 6) is 0.633. The molecule has 0 N–H and O–H groups in total. The fourth-order valence-electron chi connectivity index (χ4n) is 3.60. The minimum Gasteiger partial charge on any atom is -0.496 e. The number of nitrogens with zero attached hydrogens (tertiary/aromatic N) is 2. The van der Waals surface area contributed by atoms with Crippen molar-refractivity contribution in [2.45, 2.75) is 32.8 Å². The highest BCUT2D eigenvalue weighted by molar-refractivity contribution is 7.20. The second-order valence-corrected chi connectivity index (χ2v) is 8.13.